The number of halogens is 2. The molecule has 0 saturated carbocycles. The lowest BCUT2D eigenvalue weighted by Crippen LogP contribution is -2.12. The summed E-state index contributed by atoms with van der Waals surface area (Å²) in [5.41, 5.74) is 0.874. The van der Waals surface area contributed by atoms with Crippen molar-refractivity contribution in [2.75, 3.05) is 11.9 Å². The second kappa shape index (κ2) is 7.12. The van der Waals surface area contributed by atoms with E-state index in [4.69, 9.17) is 9.26 Å². The minimum atomic E-state index is -1.04. The molecule has 0 fully saturated rings. The molecule has 25 heavy (non-hydrogen) atoms. The highest BCUT2D eigenvalue weighted by atomic mass is 19.2. The summed E-state index contributed by atoms with van der Waals surface area (Å²) in [7, 11) is 0. The standard InChI is InChI=1S/C18H14F2N2O3/c1-2-24-13-6-4-12(5-7-13)22-18(23)14-10-21-25-17(14)11-3-8-15(19)16(20)9-11/h3-10H,2H2,1H3,(H,22,23). The predicted molar refractivity (Wildman–Crippen MR) is 87.4 cm³/mol. The first-order chi connectivity index (χ1) is 12.1. The smallest absolute Gasteiger partial charge is 0.261 e. The highest BCUT2D eigenvalue weighted by Gasteiger charge is 2.19. The predicted octanol–water partition coefficient (Wildman–Crippen LogP) is 4.27. The Kier molecular flexibility index (Phi) is 4.74. The average molecular weight is 344 g/mol. The van der Waals surface area contributed by atoms with Gasteiger partial charge in [-0.1, -0.05) is 5.16 Å². The molecule has 0 bridgehead atoms. The number of hydrogen-bond donors (Lipinski definition) is 1. The van der Waals surface area contributed by atoms with Crippen LogP contribution in [0.1, 0.15) is 17.3 Å². The molecule has 0 atom stereocenters. The van der Waals surface area contributed by atoms with Gasteiger partial charge in [-0.05, 0) is 49.4 Å². The number of benzene rings is 2. The van der Waals surface area contributed by atoms with Crippen molar-refractivity contribution in [3.05, 3.63) is 65.9 Å². The summed E-state index contributed by atoms with van der Waals surface area (Å²) in [5, 5.41) is 6.27. The van der Waals surface area contributed by atoms with Gasteiger partial charge in [0.05, 0.1) is 12.8 Å². The molecule has 7 heteroatoms. The van der Waals surface area contributed by atoms with Gasteiger partial charge in [-0.3, -0.25) is 4.79 Å². The van der Waals surface area contributed by atoms with Crippen LogP contribution >= 0.6 is 0 Å². The van der Waals surface area contributed by atoms with E-state index in [0.717, 1.165) is 12.1 Å². The van der Waals surface area contributed by atoms with E-state index in [1.54, 1.807) is 24.3 Å². The topological polar surface area (TPSA) is 64.4 Å². The van der Waals surface area contributed by atoms with Crippen LogP contribution in [-0.2, 0) is 0 Å². The molecule has 0 saturated heterocycles. The molecule has 1 heterocycles. The molecular formula is C18H14F2N2O3. The number of rotatable bonds is 5. The number of hydrogen-bond acceptors (Lipinski definition) is 4. The van der Waals surface area contributed by atoms with E-state index in [-0.39, 0.29) is 16.9 Å². The molecule has 0 spiro atoms. The van der Waals surface area contributed by atoms with E-state index in [0.29, 0.717) is 18.0 Å². The van der Waals surface area contributed by atoms with Crippen LogP contribution in [-0.4, -0.2) is 17.7 Å². The van der Waals surface area contributed by atoms with Gasteiger partial charge in [-0.15, -0.1) is 0 Å². The SMILES string of the molecule is CCOc1ccc(NC(=O)c2cnoc2-c2ccc(F)c(F)c2)cc1. The van der Waals surface area contributed by atoms with Crippen molar-refractivity contribution in [2.24, 2.45) is 0 Å². The lowest BCUT2D eigenvalue weighted by molar-refractivity contribution is 0.102. The first-order valence-electron chi connectivity index (χ1n) is 7.52. The lowest BCUT2D eigenvalue weighted by Gasteiger charge is -2.07. The molecular weight excluding hydrogens is 330 g/mol. The minimum absolute atomic E-state index is 0.0577. The Balaban J connectivity index is 1.81. The van der Waals surface area contributed by atoms with Gasteiger partial charge in [0.15, 0.2) is 17.4 Å². The molecule has 1 amide bonds. The molecule has 128 valence electrons. The van der Waals surface area contributed by atoms with Crippen molar-refractivity contribution >= 4 is 11.6 Å². The molecule has 5 nitrogen and oxygen atoms in total. The number of anilines is 1. The number of nitrogens with one attached hydrogen (secondary N) is 1. The van der Waals surface area contributed by atoms with E-state index < -0.39 is 17.5 Å². The zero-order valence-electron chi connectivity index (χ0n) is 13.3. The van der Waals surface area contributed by atoms with E-state index in [1.807, 2.05) is 6.92 Å². The van der Waals surface area contributed by atoms with E-state index >= 15 is 0 Å². The summed E-state index contributed by atoms with van der Waals surface area (Å²) < 4.78 is 36.8. The van der Waals surface area contributed by atoms with E-state index in [9.17, 15) is 13.6 Å². The number of carbonyl (C=O) groups excluding carboxylic acids is 1. The molecule has 0 aliphatic heterocycles. The fraction of sp³-hybridized carbons (Fsp3) is 0.111. The van der Waals surface area contributed by atoms with Crippen molar-refractivity contribution in [2.45, 2.75) is 6.92 Å². The van der Waals surface area contributed by atoms with Crippen LogP contribution in [0.2, 0.25) is 0 Å². The number of ether oxygens (including phenoxy) is 1. The highest BCUT2D eigenvalue weighted by molar-refractivity contribution is 6.07. The first-order valence-corrected chi connectivity index (χ1v) is 7.52. The third-order valence-corrected chi connectivity index (χ3v) is 3.42. The molecule has 0 aliphatic rings. The van der Waals surface area contributed by atoms with E-state index in [1.165, 1.54) is 12.3 Å². The van der Waals surface area contributed by atoms with Gasteiger partial charge in [0.25, 0.3) is 5.91 Å². The zero-order valence-corrected chi connectivity index (χ0v) is 13.3. The van der Waals surface area contributed by atoms with Crippen molar-refractivity contribution in [3.8, 4) is 17.1 Å². The fourth-order valence-electron chi connectivity index (χ4n) is 2.25. The Bertz CT molecular complexity index is 892. The molecule has 0 unspecified atom stereocenters. The van der Waals surface area contributed by atoms with Crippen LogP contribution < -0.4 is 10.1 Å². The van der Waals surface area contributed by atoms with Crippen LogP contribution in [0.4, 0.5) is 14.5 Å². The maximum atomic E-state index is 13.4. The zero-order chi connectivity index (χ0) is 17.8. The normalized spacial score (nSPS) is 10.5. The number of amides is 1. The number of nitrogens with zero attached hydrogens (tertiary/aromatic N) is 1. The summed E-state index contributed by atoms with van der Waals surface area (Å²) in [6.07, 6.45) is 1.22. The molecule has 2 aromatic carbocycles. The highest BCUT2D eigenvalue weighted by Crippen LogP contribution is 2.26. The van der Waals surface area contributed by atoms with Crippen molar-refractivity contribution in [1.82, 2.24) is 5.16 Å². The Labute approximate surface area is 142 Å². The van der Waals surface area contributed by atoms with Crippen molar-refractivity contribution < 1.29 is 22.8 Å². The van der Waals surface area contributed by atoms with E-state index in [2.05, 4.69) is 10.5 Å². The Morgan fingerprint density at radius 3 is 2.60 bits per heavy atom. The quantitative estimate of drug-likeness (QED) is 0.751. The summed E-state index contributed by atoms with van der Waals surface area (Å²) in [6.45, 7) is 2.42. The maximum absolute atomic E-state index is 13.4. The van der Waals surface area contributed by atoms with Gasteiger partial charge in [-0.25, -0.2) is 8.78 Å². The second-order valence-electron chi connectivity index (χ2n) is 5.11. The molecule has 3 aromatic rings. The largest absolute Gasteiger partial charge is 0.494 e. The van der Waals surface area contributed by atoms with Gasteiger partial charge in [0.1, 0.15) is 11.3 Å². The van der Waals surface area contributed by atoms with Crippen molar-refractivity contribution in [3.63, 3.8) is 0 Å². The van der Waals surface area contributed by atoms with Crippen LogP contribution in [0.3, 0.4) is 0 Å². The third-order valence-electron chi connectivity index (χ3n) is 3.42. The molecule has 3 rings (SSSR count). The van der Waals surface area contributed by atoms with Gasteiger partial charge in [0, 0.05) is 11.3 Å². The van der Waals surface area contributed by atoms with Gasteiger partial charge >= 0.3 is 0 Å². The fourth-order valence-corrected chi connectivity index (χ4v) is 2.25. The molecule has 0 aliphatic carbocycles. The Hall–Kier alpha value is -3.22. The monoisotopic (exact) mass is 344 g/mol. The summed E-state index contributed by atoms with van der Waals surface area (Å²) in [4.78, 5) is 12.4. The van der Waals surface area contributed by atoms with Gasteiger partial charge in [0.2, 0.25) is 0 Å². The number of carbonyl (C=O) groups is 1. The van der Waals surface area contributed by atoms with Gasteiger partial charge in [-0.2, -0.15) is 0 Å². The summed E-state index contributed by atoms with van der Waals surface area (Å²) >= 11 is 0. The third kappa shape index (κ3) is 3.65. The van der Waals surface area contributed by atoms with Crippen LogP contribution in [0.5, 0.6) is 5.75 Å². The average Bonchev–Trinajstić information content (AvgIpc) is 3.09. The minimum Gasteiger partial charge on any atom is -0.494 e. The van der Waals surface area contributed by atoms with Gasteiger partial charge < -0.3 is 14.6 Å². The summed E-state index contributed by atoms with van der Waals surface area (Å²) in [5.74, 6) is -1.75. The van der Waals surface area contributed by atoms with Crippen LogP contribution in [0.15, 0.2) is 53.2 Å². The molecule has 1 N–H and O–H groups in total. The Morgan fingerprint density at radius 1 is 1.16 bits per heavy atom. The lowest BCUT2D eigenvalue weighted by atomic mass is 10.1. The second-order valence-corrected chi connectivity index (χ2v) is 5.11. The first kappa shape index (κ1) is 16.6. The van der Waals surface area contributed by atoms with Crippen LogP contribution in [0.25, 0.3) is 11.3 Å². The Morgan fingerprint density at radius 2 is 1.92 bits per heavy atom. The molecule has 1 aromatic heterocycles. The maximum Gasteiger partial charge on any atom is 0.261 e. The van der Waals surface area contributed by atoms with Crippen LogP contribution in [0, 0.1) is 11.6 Å². The number of aromatic nitrogens is 1. The summed E-state index contributed by atoms with van der Waals surface area (Å²) in [6, 6.07) is 10.0. The van der Waals surface area contributed by atoms with Crippen molar-refractivity contribution in [1.29, 1.82) is 0 Å². The molecule has 0 radical (unpaired) electrons.